The smallest absolute Gasteiger partial charge is 0.314 e. The number of hydrogen-bond acceptors (Lipinski definition) is 4. The molecule has 0 spiro atoms. The van der Waals surface area contributed by atoms with Crippen molar-refractivity contribution in [2.24, 2.45) is 0 Å². The Hall–Kier alpha value is -2.34. The Labute approximate surface area is 112 Å². The number of phenolic OH excluding ortho intramolecular Hbond substituents is 1. The Bertz CT molecular complexity index is 648. The molecule has 0 aromatic heterocycles. The SMILES string of the molecule is O=[N+]([O-])c1cc(F)c(Cl)cc1Oc1ccccc1O. The Morgan fingerprint density at radius 3 is 2.58 bits per heavy atom. The molecule has 2 aromatic rings. The molecule has 2 aromatic carbocycles. The number of aromatic hydroxyl groups is 1. The van der Waals surface area contributed by atoms with Gasteiger partial charge in [-0.05, 0) is 12.1 Å². The van der Waals surface area contributed by atoms with Crippen molar-refractivity contribution in [2.45, 2.75) is 0 Å². The first-order valence-electron chi connectivity index (χ1n) is 5.08. The van der Waals surface area contributed by atoms with Crippen LogP contribution in [0.2, 0.25) is 5.02 Å². The van der Waals surface area contributed by atoms with Crippen molar-refractivity contribution >= 4 is 17.3 Å². The van der Waals surface area contributed by atoms with E-state index in [-0.39, 0.29) is 22.3 Å². The van der Waals surface area contributed by atoms with Crippen molar-refractivity contribution < 1.29 is 19.2 Å². The van der Waals surface area contributed by atoms with E-state index in [0.29, 0.717) is 6.07 Å². The predicted octanol–water partition coefficient (Wildman–Crippen LogP) is 3.89. The van der Waals surface area contributed by atoms with Gasteiger partial charge in [-0.3, -0.25) is 10.1 Å². The van der Waals surface area contributed by atoms with Gasteiger partial charge in [0, 0.05) is 6.07 Å². The third kappa shape index (κ3) is 2.74. The van der Waals surface area contributed by atoms with Gasteiger partial charge in [0.05, 0.1) is 16.0 Å². The van der Waals surface area contributed by atoms with Crippen molar-refractivity contribution in [1.29, 1.82) is 0 Å². The summed E-state index contributed by atoms with van der Waals surface area (Å²) in [6.07, 6.45) is 0. The van der Waals surface area contributed by atoms with Crippen LogP contribution in [0.5, 0.6) is 17.2 Å². The summed E-state index contributed by atoms with van der Waals surface area (Å²) in [7, 11) is 0. The number of halogens is 2. The standard InChI is InChI=1S/C12H7ClFNO4/c13-7-5-12(9(15(17)18)6-8(7)14)19-11-4-2-1-3-10(11)16/h1-6,16H. The average Bonchev–Trinajstić information content (AvgIpc) is 2.36. The molecule has 0 bridgehead atoms. The van der Waals surface area contributed by atoms with E-state index >= 15 is 0 Å². The molecule has 7 heteroatoms. The molecule has 0 aliphatic heterocycles. The number of nitro benzene ring substituents is 1. The fourth-order valence-electron chi connectivity index (χ4n) is 1.40. The van der Waals surface area contributed by atoms with Crippen molar-refractivity contribution in [2.75, 3.05) is 0 Å². The fraction of sp³-hybridized carbons (Fsp3) is 0. The van der Waals surface area contributed by atoms with Gasteiger partial charge in [-0.2, -0.15) is 0 Å². The number of nitro groups is 1. The molecule has 0 saturated carbocycles. The maximum absolute atomic E-state index is 13.2. The second kappa shape index (κ2) is 5.11. The summed E-state index contributed by atoms with van der Waals surface area (Å²) in [4.78, 5) is 10.0. The zero-order valence-electron chi connectivity index (χ0n) is 9.34. The lowest BCUT2D eigenvalue weighted by molar-refractivity contribution is -0.385. The lowest BCUT2D eigenvalue weighted by Crippen LogP contribution is -1.95. The van der Waals surface area contributed by atoms with Crippen molar-refractivity contribution in [3.8, 4) is 17.2 Å². The first-order chi connectivity index (χ1) is 8.99. The van der Waals surface area contributed by atoms with Crippen LogP contribution in [0.1, 0.15) is 0 Å². The van der Waals surface area contributed by atoms with Gasteiger partial charge in [-0.15, -0.1) is 0 Å². The first kappa shape index (κ1) is 13.1. The van der Waals surface area contributed by atoms with E-state index in [0.717, 1.165) is 6.07 Å². The molecule has 0 heterocycles. The molecule has 0 amide bonds. The lowest BCUT2D eigenvalue weighted by Gasteiger charge is -2.08. The van der Waals surface area contributed by atoms with E-state index in [1.54, 1.807) is 12.1 Å². The highest BCUT2D eigenvalue weighted by Gasteiger charge is 2.20. The highest BCUT2D eigenvalue weighted by atomic mass is 35.5. The van der Waals surface area contributed by atoms with Gasteiger partial charge in [0.2, 0.25) is 5.75 Å². The van der Waals surface area contributed by atoms with Crippen molar-refractivity contribution in [1.82, 2.24) is 0 Å². The molecular weight excluding hydrogens is 277 g/mol. The van der Waals surface area contributed by atoms with Gasteiger partial charge in [-0.25, -0.2) is 4.39 Å². The number of para-hydroxylation sites is 2. The van der Waals surface area contributed by atoms with E-state index in [1.807, 2.05) is 0 Å². The van der Waals surface area contributed by atoms with E-state index in [9.17, 15) is 19.6 Å². The van der Waals surface area contributed by atoms with Gasteiger partial charge in [-0.1, -0.05) is 23.7 Å². The fourth-order valence-corrected chi connectivity index (χ4v) is 1.56. The molecule has 98 valence electrons. The summed E-state index contributed by atoms with van der Waals surface area (Å²) in [5, 5.41) is 20.0. The summed E-state index contributed by atoms with van der Waals surface area (Å²) >= 11 is 5.56. The molecule has 0 aliphatic carbocycles. The van der Waals surface area contributed by atoms with Crippen molar-refractivity contribution in [3.05, 3.63) is 57.4 Å². The van der Waals surface area contributed by atoms with Gasteiger partial charge >= 0.3 is 5.69 Å². The Balaban J connectivity index is 2.48. The molecular formula is C12H7ClFNO4. The second-order valence-electron chi connectivity index (χ2n) is 3.56. The normalized spacial score (nSPS) is 10.2. The topological polar surface area (TPSA) is 72.6 Å². The van der Waals surface area contributed by atoms with Crippen LogP contribution >= 0.6 is 11.6 Å². The molecule has 2 rings (SSSR count). The van der Waals surface area contributed by atoms with Crippen LogP contribution in [0.15, 0.2) is 36.4 Å². The Kier molecular flexibility index (Phi) is 3.52. The zero-order chi connectivity index (χ0) is 14.0. The summed E-state index contributed by atoms with van der Waals surface area (Å²) < 4.78 is 18.4. The summed E-state index contributed by atoms with van der Waals surface area (Å²) in [5.74, 6) is -1.36. The molecule has 0 saturated heterocycles. The van der Waals surface area contributed by atoms with Gasteiger partial charge in [0.15, 0.2) is 11.5 Å². The molecule has 0 atom stereocenters. The minimum atomic E-state index is -0.919. The molecule has 0 aliphatic rings. The largest absolute Gasteiger partial charge is 0.504 e. The van der Waals surface area contributed by atoms with Gasteiger partial charge in [0.1, 0.15) is 5.82 Å². The summed E-state index contributed by atoms with van der Waals surface area (Å²) in [6.45, 7) is 0. The second-order valence-corrected chi connectivity index (χ2v) is 3.97. The van der Waals surface area contributed by atoms with Crippen LogP contribution in [0.3, 0.4) is 0 Å². The van der Waals surface area contributed by atoms with Crippen LogP contribution in [0.4, 0.5) is 10.1 Å². The average molecular weight is 284 g/mol. The third-order valence-electron chi connectivity index (χ3n) is 2.28. The van der Waals surface area contributed by atoms with Crippen LogP contribution in [0, 0.1) is 15.9 Å². The zero-order valence-corrected chi connectivity index (χ0v) is 10.1. The molecule has 0 unspecified atom stereocenters. The quantitative estimate of drug-likeness (QED) is 0.685. The summed E-state index contributed by atoms with van der Waals surface area (Å²) in [5.41, 5.74) is -0.579. The van der Waals surface area contributed by atoms with E-state index in [1.165, 1.54) is 12.1 Å². The third-order valence-corrected chi connectivity index (χ3v) is 2.57. The molecule has 19 heavy (non-hydrogen) atoms. The number of hydrogen-bond donors (Lipinski definition) is 1. The minimum absolute atomic E-state index is 0.00766. The summed E-state index contributed by atoms with van der Waals surface area (Å²) in [6, 6.07) is 7.56. The molecule has 1 N–H and O–H groups in total. The van der Waals surface area contributed by atoms with Gasteiger partial charge < -0.3 is 9.84 Å². The Morgan fingerprint density at radius 1 is 1.26 bits per heavy atom. The lowest BCUT2D eigenvalue weighted by atomic mass is 10.2. The van der Waals surface area contributed by atoms with Gasteiger partial charge in [0.25, 0.3) is 0 Å². The number of rotatable bonds is 3. The van der Waals surface area contributed by atoms with Crippen LogP contribution in [-0.2, 0) is 0 Å². The number of nitrogens with zero attached hydrogens (tertiary/aromatic N) is 1. The van der Waals surface area contributed by atoms with Crippen LogP contribution in [-0.4, -0.2) is 10.0 Å². The maximum atomic E-state index is 13.2. The number of benzene rings is 2. The van der Waals surface area contributed by atoms with Crippen LogP contribution < -0.4 is 4.74 Å². The molecule has 0 radical (unpaired) electrons. The Morgan fingerprint density at radius 2 is 1.95 bits per heavy atom. The van der Waals surface area contributed by atoms with Crippen molar-refractivity contribution in [3.63, 3.8) is 0 Å². The van der Waals surface area contributed by atoms with E-state index < -0.39 is 16.4 Å². The van der Waals surface area contributed by atoms with E-state index in [2.05, 4.69) is 0 Å². The monoisotopic (exact) mass is 283 g/mol. The number of phenols is 1. The first-order valence-corrected chi connectivity index (χ1v) is 5.46. The highest BCUT2D eigenvalue weighted by molar-refractivity contribution is 6.31. The molecule has 5 nitrogen and oxygen atoms in total. The predicted molar refractivity (Wildman–Crippen MR) is 66.2 cm³/mol. The number of ether oxygens (including phenoxy) is 1. The van der Waals surface area contributed by atoms with Crippen LogP contribution in [0.25, 0.3) is 0 Å². The highest BCUT2D eigenvalue weighted by Crippen LogP contribution is 2.38. The van der Waals surface area contributed by atoms with E-state index in [4.69, 9.17) is 16.3 Å². The molecule has 0 fully saturated rings. The maximum Gasteiger partial charge on any atom is 0.314 e. The minimum Gasteiger partial charge on any atom is -0.504 e.